The highest BCUT2D eigenvalue weighted by molar-refractivity contribution is 9.10. The number of rotatable bonds is 4. The minimum atomic E-state index is -0.783. The van der Waals surface area contributed by atoms with Crippen LogP contribution in [0.2, 0.25) is 0 Å². The number of anilines is 1. The van der Waals surface area contributed by atoms with Crippen molar-refractivity contribution in [3.63, 3.8) is 0 Å². The van der Waals surface area contributed by atoms with Gasteiger partial charge >= 0.3 is 5.97 Å². The molecule has 2 atom stereocenters. The van der Waals surface area contributed by atoms with Crippen molar-refractivity contribution in [3.05, 3.63) is 28.2 Å². The first-order valence-electron chi connectivity index (χ1n) is 6.88. The van der Waals surface area contributed by atoms with Gasteiger partial charge in [0, 0.05) is 23.2 Å². The molecule has 1 aromatic carbocycles. The molecule has 6 heteroatoms. The molecule has 1 aromatic rings. The van der Waals surface area contributed by atoms with E-state index in [1.807, 2.05) is 36.9 Å². The molecule has 0 saturated carbocycles. The number of carbonyl (C=O) groups excluding carboxylic acids is 1. The van der Waals surface area contributed by atoms with Gasteiger partial charge in [-0.25, -0.2) is 0 Å². The topological polar surface area (TPSA) is 69.6 Å². The van der Waals surface area contributed by atoms with Gasteiger partial charge in [0.2, 0.25) is 5.91 Å². The Morgan fingerprint density at radius 2 is 2.14 bits per heavy atom. The number of likely N-dealkylation sites (tertiary alicyclic amines) is 1. The Kier molecular flexibility index (Phi) is 5.00. The maximum absolute atomic E-state index is 12.1. The minimum Gasteiger partial charge on any atom is -0.481 e. The van der Waals surface area contributed by atoms with Crippen molar-refractivity contribution in [3.8, 4) is 0 Å². The highest BCUT2D eigenvalue weighted by Gasteiger charge is 2.35. The van der Waals surface area contributed by atoms with E-state index in [9.17, 15) is 9.59 Å². The number of hydrogen-bond acceptors (Lipinski definition) is 3. The van der Waals surface area contributed by atoms with Gasteiger partial charge in [-0.2, -0.15) is 0 Å². The van der Waals surface area contributed by atoms with E-state index in [4.69, 9.17) is 5.11 Å². The number of carboxylic acid groups (broad SMARTS) is 1. The zero-order valence-corrected chi connectivity index (χ0v) is 13.7. The zero-order chi connectivity index (χ0) is 15.6. The summed E-state index contributed by atoms with van der Waals surface area (Å²) in [5.74, 6) is -1.20. The molecule has 0 aliphatic carbocycles. The van der Waals surface area contributed by atoms with E-state index < -0.39 is 5.97 Å². The number of carbonyl (C=O) groups is 2. The highest BCUT2D eigenvalue weighted by Crippen LogP contribution is 2.23. The molecule has 5 nitrogen and oxygen atoms in total. The van der Waals surface area contributed by atoms with Crippen LogP contribution >= 0.6 is 15.9 Å². The lowest BCUT2D eigenvalue weighted by Gasteiger charge is -2.15. The summed E-state index contributed by atoms with van der Waals surface area (Å²) in [6.07, 6.45) is 0. The molecule has 21 heavy (non-hydrogen) atoms. The molecular formula is C15H19BrN2O3. The molecule has 1 amide bonds. The van der Waals surface area contributed by atoms with E-state index in [0.717, 1.165) is 15.7 Å². The van der Waals surface area contributed by atoms with Crippen molar-refractivity contribution in [2.24, 2.45) is 11.8 Å². The number of nitrogens with one attached hydrogen (secondary N) is 1. The van der Waals surface area contributed by atoms with E-state index in [1.54, 1.807) is 0 Å². The summed E-state index contributed by atoms with van der Waals surface area (Å²) in [6.45, 7) is 5.14. The van der Waals surface area contributed by atoms with E-state index in [0.29, 0.717) is 13.1 Å². The van der Waals surface area contributed by atoms with Crippen molar-refractivity contribution in [2.45, 2.75) is 13.8 Å². The lowest BCUT2D eigenvalue weighted by atomic mass is 9.99. The van der Waals surface area contributed by atoms with Crippen LogP contribution in [0.4, 0.5) is 5.69 Å². The lowest BCUT2D eigenvalue weighted by Crippen LogP contribution is -2.32. The van der Waals surface area contributed by atoms with E-state index >= 15 is 0 Å². The van der Waals surface area contributed by atoms with Crippen molar-refractivity contribution < 1.29 is 14.7 Å². The van der Waals surface area contributed by atoms with Gasteiger partial charge in [0.1, 0.15) is 0 Å². The van der Waals surface area contributed by atoms with Gasteiger partial charge in [0.25, 0.3) is 0 Å². The second kappa shape index (κ2) is 6.58. The van der Waals surface area contributed by atoms with Crippen molar-refractivity contribution in [1.82, 2.24) is 4.90 Å². The zero-order valence-electron chi connectivity index (χ0n) is 12.1. The summed E-state index contributed by atoms with van der Waals surface area (Å²) < 4.78 is 0.968. The summed E-state index contributed by atoms with van der Waals surface area (Å²) >= 11 is 3.38. The van der Waals surface area contributed by atoms with Crippen LogP contribution in [0.25, 0.3) is 0 Å². The third-order valence-corrected chi connectivity index (χ3v) is 4.33. The Hall–Kier alpha value is -1.40. The van der Waals surface area contributed by atoms with Crippen LogP contribution in [0.15, 0.2) is 22.7 Å². The van der Waals surface area contributed by atoms with Crippen LogP contribution in [-0.4, -0.2) is 41.5 Å². The van der Waals surface area contributed by atoms with Crippen molar-refractivity contribution >= 4 is 33.5 Å². The van der Waals surface area contributed by atoms with Gasteiger partial charge in [0.05, 0.1) is 12.5 Å². The van der Waals surface area contributed by atoms with Gasteiger partial charge < -0.3 is 10.4 Å². The number of nitrogens with zero attached hydrogens (tertiary/aromatic N) is 1. The van der Waals surface area contributed by atoms with Crippen LogP contribution in [0, 0.1) is 18.8 Å². The van der Waals surface area contributed by atoms with Crippen LogP contribution in [0.3, 0.4) is 0 Å². The summed E-state index contributed by atoms with van der Waals surface area (Å²) in [6, 6.07) is 5.67. The van der Waals surface area contributed by atoms with Crippen molar-refractivity contribution in [1.29, 1.82) is 0 Å². The fraction of sp³-hybridized carbons (Fsp3) is 0.467. The molecule has 0 aromatic heterocycles. The smallest absolute Gasteiger partial charge is 0.308 e. The molecule has 1 fully saturated rings. The Morgan fingerprint density at radius 3 is 2.71 bits per heavy atom. The lowest BCUT2D eigenvalue weighted by molar-refractivity contribution is -0.142. The van der Waals surface area contributed by atoms with E-state index in [1.165, 1.54) is 0 Å². The SMILES string of the molecule is Cc1cc(Br)ccc1NC(=O)CN1CC(C)C(C(=O)O)C1. The number of amides is 1. The Labute approximate surface area is 132 Å². The molecule has 2 unspecified atom stereocenters. The van der Waals surface area contributed by atoms with Crippen LogP contribution in [0.1, 0.15) is 12.5 Å². The molecule has 0 bridgehead atoms. The first kappa shape index (κ1) is 16.0. The Bertz CT molecular complexity index is 562. The number of aryl methyl sites for hydroxylation is 1. The highest BCUT2D eigenvalue weighted by atomic mass is 79.9. The summed E-state index contributed by atoms with van der Waals surface area (Å²) in [5, 5.41) is 12.0. The van der Waals surface area contributed by atoms with E-state index in [2.05, 4.69) is 21.2 Å². The number of aliphatic carboxylic acids is 1. The normalized spacial score (nSPS) is 22.2. The molecule has 1 aliphatic heterocycles. The number of halogens is 1. The molecular weight excluding hydrogens is 336 g/mol. The number of benzene rings is 1. The quantitative estimate of drug-likeness (QED) is 0.870. The summed E-state index contributed by atoms with van der Waals surface area (Å²) in [5.41, 5.74) is 1.76. The van der Waals surface area contributed by atoms with Crippen LogP contribution in [0.5, 0.6) is 0 Å². The predicted molar refractivity (Wildman–Crippen MR) is 84.2 cm³/mol. The molecule has 0 spiro atoms. The Balaban J connectivity index is 1.92. The third kappa shape index (κ3) is 4.04. The largest absolute Gasteiger partial charge is 0.481 e. The summed E-state index contributed by atoms with van der Waals surface area (Å²) in [4.78, 5) is 25.1. The summed E-state index contributed by atoms with van der Waals surface area (Å²) in [7, 11) is 0. The fourth-order valence-electron chi connectivity index (χ4n) is 2.68. The predicted octanol–water partition coefficient (Wildman–Crippen LogP) is 2.35. The third-order valence-electron chi connectivity index (χ3n) is 3.83. The molecule has 2 rings (SSSR count). The monoisotopic (exact) mass is 354 g/mol. The van der Waals surface area contributed by atoms with E-state index in [-0.39, 0.29) is 24.3 Å². The first-order chi connectivity index (χ1) is 9.86. The minimum absolute atomic E-state index is 0.0738. The van der Waals surface area contributed by atoms with Gasteiger partial charge in [-0.15, -0.1) is 0 Å². The first-order valence-corrected chi connectivity index (χ1v) is 7.67. The Morgan fingerprint density at radius 1 is 1.43 bits per heavy atom. The molecule has 2 N–H and O–H groups in total. The molecule has 1 saturated heterocycles. The van der Waals surface area contributed by atoms with Crippen LogP contribution < -0.4 is 5.32 Å². The average molecular weight is 355 g/mol. The maximum Gasteiger partial charge on any atom is 0.308 e. The molecule has 1 heterocycles. The maximum atomic E-state index is 12.1. The van der Waals surface area contributed by atoms with Crippen LogP contribution in [-0.2, 0) is 9.59 Å². The van der Waals surface area contributed by atoms with Crippen molar-refractivity contribution in [2.75, 3.05) is 25.0 Å². The number of hydrogen-bond donors (Lipinski definition) is 2. The average Bonchev–Trinajstić information content (AvgIpc) is 2.74. The molecule has 114 valence electrons. The van der Waals surface area contributed by atoms with Gasteiger partial charge in [-0.05, 0) is 36.6 Å². The fourth-order valence-corrected chi connectivity index (χ4v) is 3.15. The molecule has 0 radical (unpaired) electrons. The molecule has 1 aliphatic rings. The second-order valence-corrected chi connectivity index (χ2v) is 6.54. The second-order valence-electron chi connectivity index (χ2n) is 5.62. The number of carboxylic acids is 1. The standard InChI is InChI=1S/C15H19BrN2O3/c1-9-5-11(16)3-4-13(9)17-14(19)8-18-6-10(2)12(7-18)15(20)21/h3-5,10,12H,6-8H2,1-2H3,(H,17,19)(H,20,21). The van der Waals surface area contributed by atoms with Gasteiger partial charge in [-0.3, -0.25) is 14.5 Å². The van der Waals surface area contributed by atoms with Gasteiger partial charge in [0.15, 0.2) is 0 Å². The van der Waals surface area contributed by atoms with Gasteiger partial charge in [-0.1, -0.05) is 22.9 Å².